The Bertz CT molecular complexity index is 502. The maximum absolute atomic E-state index is 13.2. The van der Waals surface area contributed by atoms with Crippen LogP contribution in [-0.4, -0.2) is 12.6 Å². The number of fused-ring (bicyclic) bond motifs is 1. The van der Waals surface area contributed by atoms with Crippen LogP contribution < -0.4 is 0 Å². The summed E-state index contributed by atoms with van der Waals surface area (Å²) in [5.41, 5.74) is 0.345. The van der Waals surface area contributed by atoms with Crippen molar-refractivity contribution in [2.45, 2.75) is 6.92 Å². The number of esters is 1. The van der Waals surface area contributed by atoms with E-state index in [1.54, 1.807) is 13.0 Å². The van der Waals surface area contributed by atoms with E-state index >= 15 is 0 Å². The quantitative estimate of drug-likeness (QED) is 0.712. The van der Waals surface area contributed by atoms with Crippen LogP contribution in [-0.2, 0) is 4.74 Å². The molecule has 0 aliphatic carbocycles. The van der Waals surface area contributed by atoms with Crippen LogP contribution in [0.3, 0.4) is 0 Å². The third-order valence-electron chi connectivity index (χ3n) is 1.98. The maximum atomic E-state index is 13.2. The monoisotopic (exact) mass is 208 g/mol. The number of furan rings is 1. The second kappa shape index (κ2) is 3.73. The largest absolute Gasteiger partial charge is 0.460 e. The summed E-state index contributed by atoms with van der Waals surface area (Å²) in [6.07, 6.45) is 0. The highest BCUT2D eigenvalue weighted by Gasteiger charge is 2.14. The molecule has 1 aromatic heterocycles. The molecule has 1 heterocycles. The summed E-state index contributed by atoms with van der Waals surface area (Å²) in [6, 6.07) is 5.78. The highest BCUT2D eigenvalue weighted by atomic mass is 19.1. The summed E-state index contributed by atoms with van der Waals surface area (Å²) in [5.74, 6) is -0.961. The minimum Gasteiger partial charge on any atom is -0.460 e. The molecule has 0 aliphatic rings. The molecule has 0 fully saturated rings. The minimum atomic E-state index is -0.576. The Labute approximate surface area is 85.4 Å². The fourth-order valence-corrected chi connectivity index (χ4v) is 1.33. The maximum Gasteiger partial charge on any atom is 0.374 e. The third-order valence-corrected chi connectivity index (χ3v) is 1.98. The van der Waals surface area contributed by atoms with Crippen LogP contribution in [0.2, 0.25) is 0 Å². The lowest BCUT2D eigenvalue weighted by Crippen LogP contribution is -2.02. The van der Waals surface area contributed by atoms with Gasteiger partial charge in [-0.2, -0.15) is 0 Å². The number of ether oxygens (including phenoxy) is 1. The van der Waals surface area contributed by atoms with Gasteiger partial charge in [-0.05, 0) is 19.1 Å². The van der Waals surface area contributed by atoms with E-state index in [0.29, 0.717) is 11.0 Å². The lowest BCUT2D eigenvalue weighted by molar-refractivity contribution is 0.0492. The average Bonchev–Trinajstić information content (AvgIpc) is 2.63. The van der Waals surface area contributed by atoms with Gasteiger partial charge in [0.05, 0.1) is 12.0 Å². The lowest BCUT2D eigenvalue weighted by atomic mass is 10.2. The van der Waals surface area contributed by atoms with Crippen molar-refractivity contribution >= 4 is 16.9 Å². The summed E-state index contributed by atoms with van der Waals surface area (Å²) in [5, 5.41) is 0.292. The topological polar surface area (TPSA) is 39.4 Å². The van der Waals surface area contributed by atoms with Crippen molar-refractivity contribution < 1.29 is 18.3 Å². The number of carbonyl (C=O) groups excluding carboxylic acids is 1. The molecule has 15 heavy (non-hydrogen) atoms. The molecule has 0 saturated heterocycles. The van der Waals surface area contributed by atoms with Gasteiger partial charge in [-0.15, -0.1) is 0 Å². The molecule has 0 bridgehead atoms. The summed E-state index contributed by atoms with van der Waals surface area (Å²) >= 11 is 0. The van der Waals surface area contributed by atoms with Crippen molar-refractivity contribution in [1.29, 1.82) is 0 Å². The molecule has 2 aromatic rings. The second-order valence-corrected chi connectivity index (χ2v) is 2.98. The number of rotatable bonds is 2. The molecule has 0 saturated carbocycles. The van der Waals surface area contributed by atoms with E-state index in [4.69, 9.17) is 9.15 Å². The zero-order chi connectivity index (χ0) is 10.8. The predicted octanol–water partition coefficient (Wildman–Crippen LogP) is 2.75. The van der Waals surface area contributed by atoms with Crippen molar-refractivity contribution in [3.8, 4) is 0 Å². The van der Waals surface area contributed by atoms with Crippen molar-refractivity contribution in [3.63, 3.8) is 0 Å². The Kier molecular flexibility index (Phi) is 2.41. The standard InChI is InChI=1S/C11H9FO3/c1-2-14-11(13)10-6-7-8(12)4-3-5-9(7)15-10/h3-6H,2H2,1H3. The fourth-order valence-electron chi connectivity index (χ4n) is 1.33. The third kappa shape index (κ3) is 1.70. The molecule has 0 aliphatic heterocycles. The van der Waals surface area contributed by atoms with E-state index in [1.807, 2.05) is 0 Å². The van der Waals surface area contributed by atoms with Gasteiger partial charge in [-0.1, -0.05) is 6.07 Å². The van der Waals surface area contributed by atoms with E-state index in [1.165, 1.54) is 18.2 Å². The van der Waals surface area contributed by atoms with Crippen molar-refractivity contribution in [3.05, 3.63) is 35.8 Å². The average molecular weight is 208 g/mol. The van der Waals surface area contributed by atoms with Gasteiger partial charge in [0.2, 0.25) is 5.76 Å². The van der Waals surface area contributed by atoms with Crippen molar-refractivity contribution in [2.24, 2.45) is 0 Å². The number of hydrogen-bond acceptors (Lipinski definition) is 3. The van der Waals surface area contributed by atoms with Gasteiger partial charge in [-0.3, -0.25) is 0 Å². The first-order valence-corrected chi connectivity index (χ1v) is 4.57. The Balaban J connectivity index is 2.47. The number of carbonyl (C=O) groups is 1. The molecule has 0 N–H and O–H groups in total. The predicted molar refractivity (Wildman–Crippen MR) is 52.1 cm³/mol. The van der Waals surface area contributed by atoms with Crippen molar-refractivity contribution in [1.82, 2.24) is 0 Å². The SMILES string of the molecule is CCOC(=O)c1cc2c(F)cccc2o1. The number of hydrogen-bond donors (Lipinski definition) is 0. The molecule has 0 amide bonds. The van der Waals surface area contributed by atoms with Crippen LogP contribution in [0, 0.1) is 5.82 Å². The van der Waals surface area contributed by atoms with Crippen LogP contribution in [0.1, 0.15) is 17.5 Å². The first-order valence-electron chi connectivity index (χ1n) is 4.57. The van der Waals surface area contributed by atoms with E-state index < -0.39 is 11.8 Å². The summed E-state index contributed by atoms with van der Waals surface area (Å²) in [7, 11) is 0. The van der Waals surface area contributed by atoms with Gasteiger partial charge in [0.15, 0.2) is 0 Å². The Morgan fingerprint density at radius 1 is 1.53 bits per heavy atom. The minimum absolute atomic E-state index is 0.0250. The van der Waals surface area contributed by atoms with Crippen LogP contribution in [0.4, 0.5) is 4.39 Å². The van der Waals surface area contributed by atoms with Crippen LogP contribution in [0.15, 0.2) is 28.7 Å². The first kappa shape index (κ1) is 9.71. The van der Waals surface area contributed by atoms with Crippen LogP contribution in [0.25, 0.3) is 11.0 Å². The van der Waals surface area contributed by atoms with Gasteiger partial charge in [-0.25, -0.2) is 9.18 Å². The smallest absolute Gasteiger partial charge is 0.374 e. The van der Waals surface area contributed by atoms with Gasteiger partial charge >= 0.3 is 5.97 Å². The fraction of sp³-hybridized carbons (Fsp3) is 0.182. The Morgan fingerprint density at radius 3 is 3.00 bits per heavy atom. The Hall–Kier alpha value is -1.84. The van der Waals surface area contributed by atoms with E-state index in [2.05, 4.69) is 0 Å². The molecule has 0 spiro atoms. The van der Waals surface area contributed by atoms with E-state index in [0.717, 1.165) is 0 Å². The molecule has 0 atom stereocenters. The Morgan fingerprint density at radius 2 is 2.33 bits per heavy atom. The molecule has 0 radical (unpaired) electrons. The summed E-state index contributed by atoms with van der Waals surface area (Å²) < 4.78 is 23.1. The molecule has 4 heteroatoms. The number of benzene rings is 1. The van der Waals surface area contributed by atoms with E-state index in [9.17, 15) is 9.18 Å². The van der Waals surface area contributed by atoms with Crippen LogP contribution in [0.5, 0.6) is 0 Å². The molecule has 3 nitrogen and oxygen atoms in total. The molecular weight excluding hydrogens is 199 g/mol. The second-order valence-electron chi connectivity index (χ2n) is 2.98. The molecule has 1 aromatic carbocycles. The molecule has 0 unspecified atom stereocenters. The van der Waals surface area contributed by atoms with Gasteiger partial charge in [0.25, 0.3) is 0 Å². The normalized spacial score (nSPS) is 10.5. The zero-order valence-electron chi connectivity index (χ0n) is 8.12. The van der Waals surface area contributed by atoms with Gasteiger partial charge in [0.1, 0.15) is 11.4 Å². The zero-order valence-corrected chi connectivity index (χ0v) is 8.12. The van der Waals surface area contributed by atoms with Crippen LogP contribution >= 0.6 is 0 Å². The lowest BCUT2D eigenvalue weighted by Gasteiger charge is -1.95. The van der Waals surface area contributed by atoms with Crippen molar-refractivity contribution in [2.75, 3.05) is 6.61 Å². The molecular formula is C11H9FO3. The highest BCUT2D eigenvalue weighted by Crippen LogP contribution is 2.22. The summed E-state index contributed by atoms with van der Waals surface area (Å²) in [6.45, 7) is 1.96. The van der Waals surface area contributed by atoms with Gasteiger partial charge in [0, 0.05) is 6.07 Å². The number of halogens is 1. The summed E-state index contributed by atoms with van der Waals surface area (Å²) in [4.78, 5) is 11.3. The van der Waals surface area contributed by atoms with E-state index in [-0.39, 0.29) is 12.4 Å². The molecule has 78 valence electrons. The van der Waals surface area contributed by atoms with Gasteiger partial charge < -0.3 is 9.15 Å². The molecule has 2 rings (SSSR count). The highest BCUT2D eigenvalue weighted by molar-refractivity contribution is 5.92. The first-order chi connectivity index (χ1) is 7.22.